The highest BCUT2D eigenvalue weighted by atomic mass is 32.1. The molecule has 0 aliphatic heterocycles. The molecule has 4 nitrogen and oxygen atoms in total. The molecule has 0 aliphatic carbocycles. The number of thiazole rings is 1. The Balaban J connectivity index is 1.57. The van der Waals surface area contributed by atoms with E-state index < -0.39 is 0 Å². The van der Waals surface area contributed by atoms with Crippen LogP contribution in [0.25, 0.3) is 21.5 Å². The molecule has 0 unspecified atom stereocenters. The minimum Gasteiger partial charge on any atom is -0.326 e. The van der Waals surface area contributed by atoms with Gasteiger partial charge >= 0.3 is 0 Å². The van der Waals surface area contributed by atoms with E-state index in [1.54, 1.807) is 17.5 Å². The first-order valence-corrected chi connectivity index (χ1v) is 9.64. The maximum atomic E-state index is 12.7. The zero-order chi connectivity index (χ0) is 18.8. The Morgan fingerprint density at radius 3 is 2.78 bits per heavy atom. The number of hydrogen-bond acceptors (Lipinski definition) is 4. The number of aromatic nitrogens is 2. The molecule has 0 spiro atoms. The standard InChI is InChI=1S/C22H19N3OS/c1-14-18-8-3-4-9-20(18)24-15(2)19(14)13-21(26)25-17-7-5-6-16(12-17)22-23-10-11-27-22/h3-12H,13H2,1-2H3,(H,25,26). The van der Waals surface area contributed by atoms with Crippen molar-refractivity contribution in [3.05, 3.63) is 76.9 Å². The van der Waals surface area contributed by atoms with Crippen molar-refractivity contribution in [1.82, 2.24) is 9.97 Å². The minimum atomic E-state index is -0.0467. The monoisotopic (exact) mass is 373 g/mol. The van der Waals surface area contributed by atoms with E-state index in [1.165, 1.54) is 0 Å². The molecular weight excluding hydrogens is 354 g/mol. The molecule has 4 aromatic rings. The van der Waals surface area contributed by atoms with E-state index in [4.69, 9.17) is 0 Å². The van der Waals surface area contributed by atoms with Crippen molar-refractivity contribution in [2.45, 2.75) is 20.3 Å². The van der Waals surface area contributed by atoms with Crippen molar-refractivity contribution < 1.29 is 4.79 Å². The zero-order valence-corrected chi connectivity index (χ0v) is 16.0. The number of carbonyl (C=O) groups is 1. The molecule has 2 aromatic heterocycles. The number of anilines is 1. The van der Waals surface area contributed by atoms with Crippen molar-refractivity contribution in [3.63, 3.8) is 0 Å². The van der Waals surface area contributed by atoms with E-state index in [9.17, 15) is 4.79 Å². The van der Waals surface area contributed by atoms with E-state index >= 15 is 0 Å². The van der Waals surface area contributed by atoms with Crippen molar-refractivity contribution >= 4 is 33.8 Å². The van der Waals surface area contributed by atoms with Gasteiger partial charge in [-0.25, -0.2) is 4.98 Å². The van der Waals surface area contributed by atoms with Crippen LogP contribution < -0.4 is 5.32 Å². The first-order chi connectivity index (χ1) is 13.1. The highest BCUT2D eigenvalue weighted by Gasteiger charge is 2.13. The lowest BCUT2D eigenvalue weighted by molar-refractivity contribution is -0.115. The smallest absolute Gasteiger partial charge is 0.228 e. The molecule has 2 aromatic carbocycles. The van der Waals surface area contributed by atoms with E-state index in [1.807, 2.05) is 54.8 Å². The first kappa shape index (κ1) is 17.4. The third-order valence-electron chi connectivity index (χ3n) is 4.65. The number of rotatable bonds is 4. The summed E-state index contributed by atoms with van der Waals surface area (Å²) in [6.07, 6.45) is 2.08. The van der Waals surface area contributed by atoms with Gasteiger partial charge in [0.2, 0.25) is 5.91 Å². The number of amides is 1. The van der Waals surface area contributed by atoms with Gasteiger partial charge < -0.3 is 5.32 Å². The van der Waals surface area contributed by atoms with E-state index in [-0.39, 0.29) is 5.91 Å². The number of nitrogens with one attached hydrogen (secondary N) is 1. The Labute approximate surface area is 161 Å². The van der Waals surface area contributed by atoms with Crippen molar-refractivity contribution in [2.75, 3.05) is 5.32 Å². The van der Waals surface area contributed by atoms with Crippen molar-refractivity contribution in [1.29, 1.82) is 0 Å². The topological polar surface area (TPSA) is 54.9 Å². The van der Waals surface area contributed by atoms with Gasteiger partial charge in [-0.15, -0.1) is 11.3 Å². The molecule has 0 bridgehead atoms. The summed E-state index contributed by atoms with van der Waals surface area (Å²) in [4.78, 5) is 21.6. The van der Waals surface area contributed by atoms with Gasteiger partial charge in [0.1, 0.15) is 5.01 Å². The first-order valence-electron chi connectivity index (χ1n) is 8.76. The normalized spacial score (nSPS) is 10.9. The van der Waals surface area contributed by atoms with Gasteiger partial charge in [0.05, 0.1) is 11.9 Å². The van der Waals surface area contributed by atoms with Gasteiger partial charge in [-0.05, 0) is 43.2 Å². The molecule has 134 valence electrons. The summed E-state index contributed by atoms with van der Waals surface area (Å²) in [5, 5.41) is 6.98. The molecule has 0 radical (unpaired) electrons. The quantitative estimate of drug-likeness (QED) is 0.538. The summed E-state index contributed by atoms with van der Waals surface area (Å²) in [6, 6.07) is 15.8. The molecule has 1 amide bonds. The number of pyridine rings is 1. The lowest BCUT2D eigenvalue weighted by Crippen LogP contribution is -2.16. The molecule has 27 heavy (non-hydrogen) atoms. The van der Waals surface area contributed by atoms with E-state index in [0.29, 0.717) is 6.42 Å². The molecule has 5 heteroatoms. The lowest BCUT2D eigenvalue weighted by Gasteiger charge is -2.13. The van der Waals surface area contributed by atoms with Crippen LogP contribution in [0.3, 0.4) is 0 Å². The van der Waals surface area contributed by atoms with Gasteiger partial charge in [-0.1, -0.05) is 30.3 Å². The SMILES string of the molecule is Cc1nc2ccccc2c(C)c1CC(=O)Nc1cccc(-c2nccs2)c1. The highest BCUT2D eigenvalue weighted by Crippen LogP contribution is 2.26. The fourth-order valence-electron chi connectivity index (χ4n) is 3.29. The number of aryl methyl sites for hydroxylation is 2. The van der Waals surface area contributed by atoms with Crippen LogP contribution in [0.2, 0.25) is 0 Å². The number of carbonyl (C=O) groups excluding carboxylic acids is 1. The van der Waals surface area contributed by atoms with Gasteiger partial charge in [-0.3, -0.25) is 9.78 Å². The second kappa shape index (κ2) is 7.29. The Bertz CT molecular complexity index is 1120. The van der Waals surface area contributed by atoms with Crippen molar-refractivity contribution in [3.8, 4) is 10.6 Å². The molecule has 4 rings (SSSR count). The summed E-state index contributed by atoms with van der Waals surface area (Å²) in [5.41, 5.74) is 5.75. The Hall–Kier alpha value is -3.05. The molecule has 0 atom stereocenters. The fourth-order valence-corrected chi connectivity index (χ4v) is 3.93. The molecule has 0 saturated heterocycles. The summed E-state index contributed by atoms with van der Waals surface area (Å²) < 4.78 is 0. The number of fused-ring (bicyclic) bond motifs is 1. The van der Waals surface area contributed by atoms with Gasteiger partial charge in [0.25, 0.3) is 0 Å². The molecule has 0 fully saturated rings. The number of nitrogens with zero attached hydrogens (tertiary/aromatic N) is 2. The second-order valence-electron chi connectivity index (χ2n) is 6.46. The zero-order valence-electron chi connectivity index (χ0n) is 15.2. The fraction of sp³-hybridized carbons (Fsp3) is 0.136. The largest absolute Gasteiger partial charge is 0.326 e. The lowest BCUT2D eigenvalue weighted by atomic mass is 9.99. The van der Waals surface area contributed by atoms with Crippen LogP contribution in [0.5, 0.6) is 0 Å². The van der Waals surface area contributed by atoms with E-state index in [0.717, 1.165) is 44.0 Å². The number of benzene rings is 2. The molecule has 2 heterocycles. The second-order valence-corrected chi connectivity index (χ2v) is 7.36. The Kier molecular flexibility index (Phi) is 4.69. The minimum absolute atomic E-state index is 0.0467. The van der Waals surface area contributed by atoms with Crippen LogP contribution in [0.4, 0.5) is 5.69 Å². The maximum Gasteiger partial charge on any atom is 0.228 e. The van der Waals surface area contributed by atoms with Crippen LogP contribution in [-0.4, -0.2) is 15.9 Å². The average Bonchev–Trinajstić information content (AvgIpc) is 3.20. The van der Waals surface area contributed by atoms with Crippen LogP contribution in [0.15, 0.2) is 60.1 Å². The van der Waals surface area contributed by atoms with Crippen LogP contribution in [0, 0.1) is 13.8 Å². The van der Waals surface area contributed by atoms with Crippen LogP contribution >= 0.6 is 11.3 Å². The molecular formula is C22H19N3OS. The van der Waals surface area contributed by atoms with Crippen molar-refractivity contribution in [2.24, 2.45) is 0 Å². The number of para-hydroxylation sites is 1. The summed E-state index contributed by atoms with van der Waals surface area (Å²) in [7, 11) is 0. The van der Waals surface area contributed by atoms with Gasteiger partial charge in [0, 0.05) is 33.9 Å². The highest BCUT2D eigenvalue weighted by molar-refractivity contribution is 7.13. The maximum absolute atomic E-state index is 12.7. The van der Waals surface area contributed by atoms with Gasteiger partial charge in [-0.2, -0.15) is 0 Å². The Morgan fingerprint density at radius 2 is 1.96 bits per heavy atom. The molecule has 0 saturated carbocycles. The third kappa shape index (κ3) is 3.59. The predicted molar refractivity (Wildman–Crippen MR) is 111 cm³/mol. The Morgan fingerprint density at radius 1 is 1.11 bits per heavy atom. The van der Waals surface area contributed by atoms with Gasteiger partial charge in [0.15, 0.2) is 0 Å². The van der Waals surface area contributed by atoms with Crippen LogP contribution in [0.1, 0.15) is 16.8 Å². The summed E-state index contributed by atoms with van der Waals surface area (Å²) >= 11 is 1.58. The summed E-state index contributed by atoms with van der Waals surface area (Å²) in [6.45, 7) is 4.02. The van der Waals surface area contributed by atoms with E-state index in [2.05, 4.69) is 28.3 Å². The third-order valence-corrected chi connectivity index (χ3v) is 5.47. The summed E-state index contributed by atoms with van der Waals surface area (Å²) in [5.74, 6) is -0.0467. The van der Waals surface area contributed by atoms with Crippen LogP contribution in [-0.2, 0) is 11.2 Å². The molecule has 0 aliphatic rings. The predicted octanol–water partition coefficient (Wildman–Crippen LogP) is 5.16. The average molecular weight is 373 g/mol. The molecule has 1 N–H and O–H groups in total. The number of hydrogen-bond donors (Lipinski definition) is 1.